The van der Waals surface area contributed by atoms with Gasteiger partial charge in [-0.3, -0.25) is 14.5 Å². The molecule has 0 radical (unpaired) electrons. The number of anilines is 1. The first-order valence-corrected chi connectivity index (χ1v) is 17.0. The Balaban J connectivity index is 1.34. The van der Waals surface area contributed by atoms with Gasteiger partial charge in [0, 0.05) is 11.3 Å². The van der Waals surface area contributed by atoms with Crippen LogP contribution in [0.4, 0.5) is 9.52 Å². The smallest absolute Gasteiger partial charge is 0.301 e. The summed E-state index contributed by atoms with van der Waals surface area (Å²) in [4.78, 5) is 28.5. The van der Waals surface area contributed by atoms with E-state index in [0.717, 1.165) is 41.7 Å². The Morgan fingerprint density at radius 3 is 2.55 bits per heavy atom. The molecule has 2 heterocycles. The Morgan fingerprint density at radius 2 is 1.79 bits per heavy atom. The molecule has 1 aliphatic rings. The van der Waals surface area contributed by atoms with E-state index in [1.165, 1.54) is 47.2 Å². The zero-order valence-electron chi connectivity index (χ0n) is 25.8. The van der Waals surface area contributed by atoms with Crippen LogP contribution in [-0.4, -0.2) is 40.7 Å². The number of aliphatic hydroxyl groups excluding tert-OH is 1. The van der Waals surface area contributed by atoms with Crippen LogP contribution in [0.15, 0.2) is 94.8 Å². The second kappa shape index (κ2) is 14.4. The Bertz CT molecular complexity index is 1950. The monoisotopic (exact) mass is 669 g/mol. The van der Waals surface area contributed by atoms with Crippen molar-refractivity contribution in [2.45, 2.75) is 42.3 Å². The van der Waals surface area contributed by atoms with Crippen LogP contribution in [0.3, 0.4) is 0 Å². The number of aliphatic hydroxyl groups is 1. The second-order valence-corrected chi connectivity index (χ2v) is 13.1. The lowest BCUT2D eigenvalue weighted by Crippen LogP contribution is -2.29. The molecule has 0 aliphatic carbocycles. The van der Waals surface area contributed by atoms with Gasteiger partial charge in [0.25, 0.3) is 5.78 Å². The van der Waals surface area contributed by atoms with E-state index in [4.69, 9.17) is 9.47 Å². The SMILES string of the molecule is CCCCCOc1ccc([C@H]2C(=C(O)c3ccc(OC)c(F)c3)C(=O)C(=O)N2c2nnc(SCc3cccc4ccccc34)s2)cc1. The Hall–Kier alpha value is -4.74. The van der Waals surface area contributed by atoms with E-state index in [1.807, 2.05) is 18.2 Å². The number of methoxy groups -OCH3 is 1. The van der Waals surface area contributed by atoms with Crippen molar-refractivity contribution in [3.8, 4) is 11.5 Å². The summed E-state index contributed by atoms with van der Waals surface area (Å²) in [6.45, 7) is 2.69. The molecule has 1 fully saturated rings. The van der Waals surface area contributed by atoms with E-state index in [0.29, 0.717) is 28.0 Å². The first-order chi connectivity index (χ1) is 22.9. The lowest BCUT2D eigenvalue weighted by atomic mass is 9.95. The van der Waals surface area contributed by atoms with Crippen LogP contribution < -0.4 is 14.4 Å². The fourth-order valence-electron chi connectivity index (χ4n) is 5.52. The van der Waals surface area contributed by atoms with Crippen LogP contribution in [0.2, 0.25) is 0 Å². The highest BCUT2D eigenvalue weighted by Gasteiger charge is 2.48. The number of fused-ring (bicyclic) bond motifs is 1. The fraction of sp³-hybridized carbons (Fsp3) is 0.222. The van der Waals surface area contributed by atoms with Gasteiger partial charge in [0.2, 0.25) is 5.13 Å². The van der Waals surface area contributed by atoms with Crippen LogP contribution in [0, 0.1) is 5.82 Å². The molecule has 1 saturated heterocycles. The van der Waals surface area contributed by atoms with Crippen molar-refractivity contribution in [1.82, 2.24) is 10.2 Å². The highest BCUT2D eigenvalue weighted by atomic mass is 32.2. The lowest BCUT2D eigenvalue weighted by molar-refractivity contribution is -0.132. The number of carbonyl (C=O) groups is 2. The van der Waals surface area contributed by atoms with E-state index in [2.05, 4.69) is 41.4 Å². The normalized spacial score (nSPS) is 15.8. The standard InChI is InChI=1S/C36H32FN3O5S2/c1-3-4-7-19-45-26-16-13-23(14-17-26)31-30(32(41)24-15-18-29(44-2)28(37)20-24)33(42)34(43)40(31)35-38-39-36(47-35)46-21-25-11-8-10-22-9-5-6-12-27(22)25/h5-6,8-18,20,31,41H,3-4,7,19,21H2,1-2H3/t31-/m0/s1. The average Bonchev–Trinajstić information content (AvgIpc) is 3.67. The highest BCUT2D eigenvalue weighted by molar-refractivity contribution is 8.00. The molecule has 0 unspecified atom stereocenters. The Morgan fingerprint density at radius 1 is 1.00 bits per heavy atom. The number of ether oxygens (including phenoxy) is 2. The topological polar surface area (TPSA) is 102 Å². The molecule has 11 heteroatoms. The van der Waals surface area contributed by atoms with E-state index in [9.17, 15) is 19.1 Å². The summed E-state index contributed by atoms with van der Waals surface area (Å²) in [7, 11) is 1.33. The van der Waals surface area contributed by atoms with Gasteiger partial charge in [0.15, 0.2) is 15.9 Å². The van der Waals surface area contributed by atoms with Gasteiger partial charge in [-0.25, -0.2) is 4.39 Å². The molecular formula is C36H32FN3O5S2. The van der Waals surface area contributed by atoms with Gasteiger partial charge in [0.05, 0.1) is 25.3 Å². The minimum absolute atomic E-state index is 0.0181. The van der Waals surface area contributed by atoms with Crippen molar-refractivity contribution in [1.29, 1.82) is 0 Å². The van der Waals surface area contributed by atoms with Gasteiger partial charge < -0.3 is 14.6 Å². The molecular weight excluding hydrogens is 638 g/mol. The number of nitrogens with zero attached hydrogens (tertiary/aromatic N) is 3. The first-order valence-electron chi connectivity index (χ1n) is 15.2. The molecule has 47 heavy (non-hydrogen) atoms. The molecule has 0 saturated carbocycles. The minimum Gasteiger partial charge on any atom is -0.507 e. The number of amides is 1. The van der Waals surface area contributed by atoms with Crippen LogP contribution in [0.25, 0.3) is 16.5 Å². The number of hydrogen-bond donors (Lipinski definition) is 1. The molecule has 1 atom stereocenters. The van der Waals surface area contributed by atoms with E-state index >= 15 is 0 Å². The largest absolute Gasteiger partial charge is 0.507 e. The minimum atomic E-state index is -1.04. The number of Topliss-reactive ketones (excluding diaryl/α,β-unsaturated/α-hetero) is 1. The maximum absolute atomic E-state index is 14.7. The van der Waals surface area contributed by atoms with E-state index in [-0.39, 0.29) is 22.0 Å². The van der Waals surface area contributed by atoms with Crippen molar-refractivity contribution in [3.05, 3.63) is 113 Å². The molecule has 5 aromatic rings. The van der Waals surface area contributed by atoms with Crippen molar-refractivity contribution in [3.63, 3.8) is 0 Å². The molecule has 1 amide bonds. The molecule has 6 rings (SSSR count). The number of benzene rings is 4. The van der Waals surface area contributed by atoms with Gasteiger partial charge in [-0.05, 0) is 58.7 Å². The summed E-state index contributed by atoms with van der Waals surface area (Å²) in [5.74, 6) is -1.76. The maximum Gasteiger partial charge on any atom is 0.301 e. The summed E-state index contributed by atoms with van der Waals surface area (Å²) in [6, 6.07) is 24.1. The number of aromatic nitrogens is 2. The number of ketones is 1. The summed E-state index contributed by atoms with van der Waals surface area (Å²) in [5, 5.41) is 22.6. The third-order valence-corrected chi connectivity index (χ3v) is 10.0. The molecule has 1 aliphatic heterocycles. The van der Waals surface area contributed by atoms with Crippen LogP contribution in [0.5, 0.6) is 11.5 Å². The predicted octanol–water partition coefficient (Wildman–Crippen LogP) is 8.33. The number of unbranched alkanes of at least 4 members (excludes halogenated alkanes) is 2. The number of rotatable bonds is 12. The maximum atomic E-state index is 14.7. The predicted molar refractivity (Wildman–Crippen MR) is 183 cm³/mol. The Labute approximate surface area is 279 Å². The van der Waals surface area contributed by atoms with Crippen LogP contribution in [0.1, 0.15) is 48.9 Å². The molecule has 4 aromatic carbocycles. The van der Waals surface area contributed by atoms with Crippen molar-refractivity contribution < 1.29 is 28.6 Å². The quantitative estimate of drug-likeness (QED) is 0.0353. The van der Waals surface area contributed by atoms with Gasteiger partial charge >= 0.3 is 5.91 Å². The van der Waals surface area contributed by atoms with Crippen LogP contribution >= 0.6 is 23.1 Å². The number of halogens is 1. The van der Waals surface area contributed by atoms with E-state index < -0.39 is 29.3 Å². The van der Waals surface area contributed by atoms with E-state index in [1.54, 1.807) is 24.3 Å². The molecule has 1 N–H and O–H groups in total. The second-order valence-electron chi connectivity index (χ2n) is 10.9. The number of carbonyl (C=O) groups excluding carboxylic acids is 2. The summed E-state index contributed by atoms with van der Waals surface area (Å²) in [6.07, 6.45) is 3.06. The number of hydrogen-bond acceptors (Lipinski definition) is 9. The lowest BCUT2D eigenvalue weighted by Gasteiger charge is -2.22. The van der Waals surface area contributed by atoms with Crippen LogP contribution in [-0.2, 0) is 15.3 Å². The van der Waals surface area contributed by atoms with Crippen molar-refractivity contribution in [2.24, 2.45) is 0 Å². The van der Waals surface area contributed by atoms with Gasteiger partial charge in [-0.2, -0.15) is 0 Å². The van der Waals surface area contributed by atoms with Gasteiger partial charge in [0.1, 0.15) is 11.5 Å². The van der Waals surface area contributed by atoms with Crippen molar-refractivity contribution >= 4 is 56.5 Å². The third-order valence-electron chi connectivity index (χ3n) is 7.92. The van der Waals surface area contributed by atoms with Gasteiger partial charge in [-0.1, -0.05) is 97.5 Å². The molecule has 0 spiro atoms. The first kappa shape index (κ1) is 32.2. The van der Waals surface area contributed by atoms with Gasteiger partial charge in [-0.15, -0.1) is 10.2 Å². The fourth-order valence-corrected chi connectivity index (χ4v) is 7.39. The average molecular weight is 670 g/mol. The molecule has 1 aromatic heterocycles. The zero-order valence-corrected chi connectivity index (χ0v) is 27.4. The molecule has 0 bridgehead atoms. The third kappa shape index (κ3) is 6.72. The number of thioether (sulfide) groups is 1. The summed E-state index contributed by atoms with van der Waals surface area (Å²) in [5.41, 5.74) is 1.52. The van der Waals surface area contributed by atoms with Crippen molar-refractivity contribution in [2.75, 3.05) is 18.6 Å². The molecule has 240 valence electrons. The summed E-state index contributed by atoms with van der Waals surface area (Å²) < 4.78 is 26.1. The zero-order chi connectivity index (χ0) is 32.9. The molecule has 8 nitrogen and oxygen atoms in total. The Kier molecular flexibility index (Phi) is 9.84. The highest BCUT2D eigenvalue weighted by Crippen LogP contribution is 2.44. The summed E-state index contributed by atoms with van der Waals surface area (Å²) >= 11 is 2.66.